The number of nitrogens with one attached hydrogen (secondary N) is 2. The Morgan fingerprint density at radius 3 is 2.67 bits per heavy atom. The smallest absolute Gasteiger partial charge is 0.239 e. The summed E-state index contributed by atoms with van der Waals surface area (Å²) in [6, 6.07) is 0. The molecular formula is C11H21N3O. The molecule has 2 N–H and O–H groups in total. The molecule has 0 atom stereocenters. The fraction of sp³-hybridized carbons (Fsp3) is 0.818. The van der Waals surface area contributed by atoms with Gasteiger partial charge in [-0.25, -0.2) is 0 Å². The van der Waals surface area contributed by atoms with Crippen LogP contribution in [0.4, 0.5) is 0 Å². The third-order valence-corrected chi connectivity index (χ3v) is 2.09. The van der Waals surface area contributed by atoms with Crippen molar-refractivity contribution in [1.82, 2.24) is 10.6 Å². The zero-order chi connectivity index (χ0) is 11.3. The quantitative estimate of drug-likeness (QED) is 0.718. The summed E-state index contributed by atoms with van der Waals surface area (Å²) in [6.45, 7) is 7.15. The van der Waals surface area contributed by atoms with Crippen molar-refractivity contribution < 1.29 is 4.79 Å². The molecule has 1 rings (SSSR count). The average molecular weight is 211 g/mol. The highest BCUT2D eigenvalue weighted by Gasteiger charge is 2.14. The van der Waals surface area contributed by atoms with Crippen LogP contribution in [0.25, 0.3) is 0 Å². The number of rotatable bonds is 2. The molecule has 0 saturated heterocycles. The van der Waals surface area contributed by atoms with E-state index in [9.17, 15) is 4.79 Å². The molecule has 0 aromatic carbocycles. The van der Waals surface area contributed by atoms with Crippen molar-refractivity contribution in [2.75, 3.05) is 13.1 Å². The van der Waals surface area contributed by atoms with Crippen molar-refractivity contribution in [2.24, 2.45) is 4.99 Å². The Bertz CT molecular complexity index is 253. The molecule has 0 radical (unpaired) electrons. The molecule has 1 amide bonds. The Morgan fingerprint density at radius 2 is 2.13 bits per heavy atom. The molecule has 0 aliphatic carbocycles. The maximum atomic E-state index is 11.5. The molecule has 86 valence electrons. The summed E-state index contributed by atoms with van der Waals surface area (Å²) in [4.78, 5) is 15.8. The molecule has 4 nitrogen and oxygen atoms in total. The molecule has 0 aromatic rings. The summed E-state index contributed by atoms with van der Waals surface area (Å²) in [5.41, 5.74) is -0.160. The summed E-state index contributed by atoms with van der Waals surface area (Å²) >= 11 is 0. The van der Waals surface area contributed by atoms with Gasteiger partial charge in [-0.05, 0) is 33.6 Å². The first kappa shape index (κ1) is 12.0. The van der Waals surface area contributed by atoms with Gasteiger partial charge in [0.1, 0.15) is 0 Å². The summed E-state index contributed by atoms with van der Waals surface area (Å²) in [5, 5.41) is 5.98. The van der Waals surface area contributed by atoms with Gasteiger partial charge in [-0.15, -0.1) is 0 Å². The monoisotopic (exact) mass is 211 g/mol. The number of aliphatic imine (C=N–C) groups is 1. The first-order valence-electron chi connectivity index (χ1n) is 5.55. The number of carbonyl (C=O) groups is 1. The third kappa shape index (κ3) is 5.40. The van der Waals surface area contributed by atoms with Crippen LogP contribution in [0.5, 0.6) is 0 Å². The molecule has 1 aliphatic rings. The van der Waals surface area contributed by atoms with Gasteiger partial charge >= 0.3 is 0 Å². The molecule has 0 bridgehead atoms. The Hall–Kier alpha value is -1.06. The normalized spacial score (nSPS) is 16.9. The summed E-state index contributed by atoms with van der Waals surface area (Å²) < 4.78 is 0. The van der Waals surface area contributed by atoms with Crippen LogP contribution in [0.2, 0.25) is 0 Å². The molecule has 15 heavy (non-hydrogen) atoms. The van der Waals surface area contributed by atoms with E-state index in [2.05, 4.69) is 15.6 Å². The molecule has 0 unspecified atom stereocenters. The van der Waals surface area contributed by atoms with Gasteiger partial charge in [-0.1, -0.05) is 0 Å². The lowest BCUT2D eigenvalue weighted by molar-refractivity contribution is -0.121. The molecule has 0 aromatic heterocycles. The number of amidine groups is 1. The molecule has 0 saturated carbocycles. The van der Waals surface area contributed by atoms with Gasteiger partial charge in [0, 0.05) is 18.5 Å². The van der Waals surface area contributed by atoms with E-state index in [0.717, 1.165) is 18.8 Å². The number of hydrogen-bond donors (Lipinski definition) is 2. The van der Waals surface area contributed by atoms with Crippen molar-refractivity contribution in [3.8, 4) is 0 Å². The molecule has 4 heteroatoms. The fourth-order valence-corrected chi connectivity index (χ4v) is 1.49. The zero-order valence-electron chi connectivity index (χ0n) is 9.89. The Labute approximate surface area is 91.5 Å². The van der Waals surface area contributed by atoms with Crippen LogP contribution in [0.3, 0.4) is 0 Å². The SMILES string of the molecule is CC(C)(C)NC(=O)CNC1=NCCCC1. The maximum Gasteiger partial charge on any atom is 0.239 e. The second-order valence-corrected chi connectivity index (χ2v) is 4.94. The second kappa shape index (κ2) is 5.14. The van der Waals surface area contributed by atoms with E-state index in [0.29, 0.717) is 6.54 Å². The van der Waals surface area contributed by atoms with Gasteiger partial charge in [-0.2, -0.15) is 0 Å². The van der Waals surface area contributed by atoms with Crippen LogP contribution in [-0.2, 0) is 4.79 Å². The van der Waals surface area contributed by atoms with Gasteiger partial charge in [0.2, 0.25) is 5.91 Å². The number of nitrogens with zero attached hydrogens (tertiary/aromatic N) is 1. The first-order valence-corrected chi connectivity index (χ1v) is 5.55. The number of carbonyl (C=O) groups excluding carboxylic acids is 1. The van der Waals surface area contributed by atoms with Crippen molar-refractivity contribution in [2.45, 2.75) is 45.6 Å². The number of hydrogen-bond acceptors (Lipinski definition) is 3. The minimum atomic E-state index is -0.160. The Morgan fingerprint density at radius 1 is 1.40 bits per heavy atom. The molecular weight excluding hydrogens is 190 g/mol. The van der Waals surface area contributed by atoms with Crippen LogP contribution in [0.1, 0.15) is 40.0 Å². The summed E-state index contributed by atoms with van der Waals surface area (Å²) in [7, 11) is 0. The molecule has 1 heterocycles. The van der Waals surface area contributed by atoms with Gasteiger partial charge in [0.05, 0.1) is 12.4 Å². The lowest BCUT2D eigenvalue weighted by Gasteiger charge is -2.21. The Kier molecular flexibility index (Phi) is 4.12. The fourth-order valence-electron chi connectivity index (χ4n) is 1.49. The minimum Gasteiger partial charge on any atom is -0.365 e. The third-order valence-electron chi connectivity index (χ3n) is 2.09. The van der Waals surface area contributed by atoms with Crippen LogP contribution in [0.15, 0.2) is 4.99 Å². The highest BCUT2D eigenvalue weighted by atomic mass is 16.2. The predicted octanol–water partition coefficient (Wildman–Crippen LogP) is 1.07. The largest absolute Gasteiger partial charge is 0.365 e. The van der Waals surface area contributed by atoms with Crippen molar-refractivity contribution in [1.29, 1.82) is 0 Å². The number of amides is 1. The van der Waals surface area contributed by atoms with E-state index in [4.69, 9.17) is 0 Å². The van der Waals surface area contributed by atoms with Gasteiger partial charge in [0.25, 0.3) is 0 Å². The summed E-state index contributed by atoms with van der Waals surface area (Å²) in [6.07, 6.45) is 3.31. The topological polar surface area (TPSA) is 53.5 Å². The molecule has 0 spiro atoms. The summed E-state index contributed by atoms with van der Waals surface area (Å²) in [5.74, 6) is 1.00. The minimum absolute atomic E-state index is 0.0239. The van der Waals surface area contributed by atoms with Crippen LogP contribution in [-0.4, -0.2) is 30.4 Å². The van der Waals surface area contributed by atoms with Gasteiger partial charge in [-0.3, -0.25) is 9.79 Å². The van der Waals surface area contributed by atoms with E-state index in [-0.39, 0.29) is 11.4 Å². The van der Waals surface area contributed by atoms with Crippen molar-refractivity contribution >= 4 is 11.7 Å². The van der Waals surface area contributed by atoms with Crippen LogP contribution < -0.4 is 10.6 Å². The lowest BCUT2D eigenvalue weighted by atomic mass is 10.1. The van der Waals surface area contributed by atoms with Gasteiger partial charge in [0.15, 0.2) is 0 Å². The van der Waals surface area contributed by atoms with E-state index >= 15 is 0 Å². The van der Waals surface area contributed by atoms with Gasteiger partial charge < -0.3 is 10.6 Å². The molecule has 1 aliphatic heterocycles. The second-order valence-electron chi connectivity index (χ2n) is 4.94. The Balaban J connectivity index is 2.24. The van der Waals surface area contributed by atoms with E-state index in [1.54, 1.807) is 0 Å². The highest BCUT2D eigenvalue weighted by Crippen LogP contribution is 2.03. The lowest BCUT2D eigenvalue weighted by Crippen LogP contribution is -2.46. The van der Waals surface area contributed by atoms with E-state index in [1.807, 2.05) is 20.8 Å². The zero-order valence-corrected chi connectivity index (χ0v) is 9.89. The standard InChI is InChI=1S/C11H21N3O/c1-11(2,3)14-10(15)8-13-9-6-4-5-7-12-9/h4-8H2,1-3H3,(H,12,13)(H,14,15). The van der Waals surface area contributed by atoms with Crippen LogP contribution >= 0.6 is 0 Å². The maximum absolute atomic E-state index is 11.5. The molecule has 0 fully saturated rings. The van der Waals surface area contributed by atoms with E-state index in [1.165, 1.54) is 12.8 Å². The first-order chi connectivity index (χ1) is 6.97. The van der Waals surface area contributed by atoms with Crippen molar-refractivity contribution in [3.05, 3.63) is 0 Å². The highest BCUT2D eigenvalue weighted by molar-refractivity contribution is 5.88. The van der Waals surface area contributed by atoms with E-state index < -0.39 is 0 Å². The van der Waals surface area contributed by atoms with Crippen LogP contribution in [0, 0.1) is 0 Å². The predicted molar refractivity (Wildman–Crippen MR) is 62.1 cm³/mol. The van der Waals surface area contributed by atoms with Crippen molar-refractivity contribution in [3.63, 3.8) is 0 Å². The average Bonchev–Trinajstić information content (AvgIpc) is 2.14.